The molecule has 16 nitrogen and oxygen atoms in total. The van der Waals surface area contributed by atoms with Crippen LogP contribution in [-0.2, 0) is 0 Å². The van der Waals surface area contributed by atoms with Gasteiger partial charge in [0.25, 0.3) is 23.2 Å². The van der Waals surface area contributed by atoms with Gasteiger partial charge in [0.2, 0.25) is 0 Å². The van der Waals surface area contributed by atoms with E-state index >= 15 is 0 Å². The topological polar surface area (TPSA) is 235 Å². The highest BCUT2D eigenvalue weighted by atomic mass is 35.5. The molecule has 0 heterocycles. The molecule has 0 bridgehead atoms. The number of carbonyl (C=O) groups is 4. The molecule has 0 radical (unpaired) electrons. The van der Waals surface area contributed by atoms with Crippen LogP contribution in [0.4, 0.5) is 21.0 Å². The third-order valence-electron chi connectivity index (χ3n) is 12.5. The molecular weight excluding hydrogens is 903 g/mol. The monoisotopic (exact) mass is 950 g/mol. The number of halogens is 3. The van der Waals surface area contributed by atoms with Gasteiger partial charge < -0.3 is 31.2 Å². The number of nitrogens with two attached hydrogens (primary N) is 1. The molecule has 0 spiro atoms. The SMILES string of the molecule is CCC(NC(=O)c1ccc(Cl)cc1)C1[C@H]2CC(N)C[C@@H]12.CCC(NC(=O)c1ccc(Cl)cc1)C1[C@H]2CC(NC(=O)Oc3ccc([N+](=O)[O-])cc3)C[C@@H]12.O=C(Cl)Oc1ccc([N+](=O)[O-])cc1. The molecule has 19 heteroatoms. The van der Waals surface area contributed by atoms with Crippen LogP contribution in [0.2, 0.25) is 10.0 Å². The standard InChI is InChI=1S/C23H24ClN3O5.C16H21ClN2O.C7H4ClNO4/c1-2-20(26-22(28)13-3-5-14(24)6-4-13)21-18-11-15(12-19(18)21)25-23(29)32-17-9-7-16(8-10-17)27(30)31;1-2-14(15-12-7-11(18)8-13(12)15)19-16(20)9-3-5-10(17)6-4-9;8-7(10)13-6-3-1-5(2-4-6)9(11)12/h3-10,15,18-21H,2,11-12H2,1H3,(H,25,29)(H,26,28);3-6,11-15H,2,7-8,18H2,1H3,(H,19,20);1-4H/t15?,18-,19+,20?,21?;11?,12-,13+,14?,15?;. The zero-order chi connectivity index (χ0) is 46.9. The normalized spacial score (nSPS) is 23.8. The van der Waals surface area contributed by atoms with Crippen LogP contribution in [0.3, 0.4) is 0 Å². The summed E-state index contributed by atoms with van der Waals surface area (Å²) in [5.41, 5.74) is 6.12. The highest BCUT2D eigenvalue weighted by Gasteiger charge is 2.59. The van der Waals surface area contributed by atoms with Crippen LogP contribution in [0.1, 0.15) is 73.1 Å². The zero-order valence-electron chi connectivity index (χ0n) is 35.4. The highest BCUT2D eigenvalue weighted by molar-refractivity contribution is 6.61. The predicted molar refractivity (Wildman–Crippen MR) is 244 cm³/mol. The molecule has 10 atom stereocenters. The quantitative estimate of drug-likeness (QED) is 0.0559. The van der Waals surface area contributed by atoms with Crippen LogP contribution in [0, 0.1) is 55.7 Å². The Labute approximate surface area is 390 Å². The Hall–Kier alpha value is -5.81. The first-order valence-electron chi connectivity index (χ1n) is 21.3. The van der Waals surface area contributed by atoms with E-state index in [-0.39, 0.29) is 52.8 Å². The van der Waals surface area contributed by atoms with Gasteiger partial charge in [-0.05, 0) is 147 Å². The fourth-order valence-electron chi connectivity index (χ4n) is 9.45. The van der Waals surface area contributed by atoms with Crippen molar-refractivity contribution in [1.82, 2.24) is 16.0 Å². The first-order chi connectivity index (χ1) is 31.0. The van der Waals surface area contributed by atoms with Gasteiger partial charge in [0, 0.05) is 81.2 Å². The molecule has 4 fully saturated rings. The summed E-state index contributed by atoms with van der Waals surface area (Å²) in [4.78, 5) is 67.1. The Kier molecular flexibility index (Phi) is 16.4. The van der Waals surface area contributed by atoms with Crippen molar-refractivity contribution in [3.8, 4) is 11.5 Å². The van der Waals surface area contributed by atoms with E-state index in [2.05, 4.69) is 34.5 Å². The lowest BCUT2D eigenvalue weighted by Crippen LogP contribution is -2.40. The minimum Gasteiger partial charge on any atom is -0.414 e. The summed E-state index contributed by atoms with van der Waals surface area (Å²) in [7, 11) is 0. The average molecular weight is 952 g/mol. The zero-order valence-corrected chi connectivity index (χ0v) is 37.7. The Morgan fingerprint density at radius 2 is 1.00 bits per heavy atom. The summed E-state index contributed by atoms with van der Waals surface area (Å²) in [5.74, 6) is 3.79. The molecule has 4 saturated carbocycles. The van der Waals surface area contributed by atoms with Crippen molar-refractivity contribution in [1.29, 1.82) is 0 Å². The lowest BCUT2D eigenvalue weighted by molar-refractivity contribution is -0.385. The Morgan fingerprint density at radius 1 is 0.631 bits per heavy atom. The number of rotatable bonds is 13. The van der Waals surface area contributed by atoms with Gasteiger partial charge >= 0.3 is 11.5 Å². The Bertz CT molecular complexity index is 2320. The van der Waals surface area contributed by atoms with Gasteiger partial charge in [-0.25, -0.2) is 9.59 Å². The lowest BCUT2D eigenvalue weighted by atomic mass is 9.99. The molecule has 4 aliphatic rings. The summed E-state index contributed by atoms with van der Waals surface area (Å²) in [6, 6.07) is 25.1. The minimum absolute atomic E-state index is 0.00258. The van der Waals surface area contributed by atoms with Crippen molar-refractivity contribution >= 4 is 69.5 Å². The number of ether oxygens (including phenoxy) is 2. The molecule has 4 aliphatic carbocycles. The van der Waals surface area contributed by atoms with Crippen LogP contribution >= 0.6 is 34.8 Å². The maximum Gasteiger partial charge on any atom is 0.412 e. The molecule has 0 aliphatic heterocycles. The van der Waals surface area contributed by atoms with Gasteiger partial charge in [-0.2, -0.15) is 0 Å². The Balaban J connectivity index is 0.000000180. The van der Waals surface area contributed by atoms with Crippen LogP contribution in [0.15, 0.2) is 97.1 Å². The second-order valence-corrected chi connectivity index (χ2v) is 17.8. The molecule has 4 aromatic rings. The second kappa shape index (κ2) is 21.9. The number of nitro groups is 2. The molecule has 5 N–H and O–H groups in total. The van der Waals surface area contributed by atoms with E-state index in [1.54, 1.807) is 48.5 Å². The summed E-state index contributed by atoms with van der Waals surface area (Å²) < 4.78 is 9.68. The number of benzene rings is 4. The molecule has 3 amide bonds. The van der Waals surface area contributed by atoms with Crippen molar-refractivity contribution in [2.75, 3.05) is 0 Å². The summed E-state index contributed by atoms with van der Waals surface area (Å²) in [6.07, 6.45) is 5.20. The van der Waals surface area contributed by atoms with E-state index in [0.29, 0.717) is 50.9 Å². The number of hydrogen-bond acceptors (Lipinski definition) is 11. The molecule has 0 saturated heterocycles. The highest BCUT2D eigenvalue weighted by Crippen LogP contribution is 2.60. The fraction of sp³-hybridized carbons (Fsp3) is 0.391. The van der Waals surface area contributed by atoms with E-state index in [1.165, 1.54) is 48.5 Å². The number of nitrogens with zero attached hydrogens (tertiary/aromatic N) is 2. The summed E-state index contributed by atoms with van der Waals surface area (Å²) >= 11 is 16.7. The second-order valence-electron chi connectivity index (χ2n) is 16.6. The van der Waals surface area contributed by atoms with E-state index in [1.807, 2.05) is 0 Å². The minimum atomic E-state index is -0.978. The van der Waals surface area contributed by atoms with Crippen LogP contribution < -0.4 is 31.2 Å². The van der Waals surface area contributed by atoms with Gasteiger partial charge in [-0.1, -0.05) is 37.0 Å². The van der Waals surface area contributed by atoms with Gasteiger partial charge in [0.15, 0.2) is 0 Å². The molecule has 6 unspecified atom stereocenters. The molecule has 65 heavy (non-hydrogen) atoms. The number of nitrogens with one attached hydrogen (secondary N) is 3. The summed E-state index contributed by atoms with van der Waals surface area (Å²) in [5, 5.41) is 31.4. The van der Waals surface area contributed by atoms with Crippen molar-refractivity contribution in [3.63, 3.8) is 0 Å². The number of non-ortho nitro benzene ring substituents is 2. The van der Waals surface area contributed by atoms with Crippen molar-refractivity contribution < 1.29 is 38.5 Å². The van der Waals surface area contributed by atoms with Crippen molar-refractivity contribution in [2.24, 2.45) is 41.2 Å². The summed E-state index contributed by atoms with van der Waals surface area (Å²) in [6.45, 7) is 4.21. The van der Waals surface area contributed by atoms with Crippen molar-refractivity contribution in [3.05, 3.63) is 138 Å². The number of carbonyl (C=O) groups excluding carboxylic acids is 4. The predicted octanol–water partition coefficient (Wildman–Crippen LogP) is 9.73. The third-order valence-corrected chi connectivity index (χ3v) is 13.1. The maximum absolute atomic E-state index is 12.6. The van der Waals surface area contributed by atoms with Crippen LogP contribution in [0.5, 0.6) is 11.5 Å². The molecule has 4 aromatic carbocycles. The van der Waals surface area contributed by atoms with E-state index in [9.17, 15) is 39.4 Å². The molecule has 0 aromatic heterocycles. The van der Waals surface area contributed by atoms with E-state index in [4.69, 9.17) is 45.3 Å². The third kappa shape index (κ3) is 13.2. The number of nitro benzene ring substituents is 2. The first kappa shape index (κ1) is 48.6. The number of amides is 3. The van der Waals surface area contributed by atoms with E-state index < -0.39 is 21.4 Å². The van der Waals surface area contributed by atoms with Gasteiger partial charge in [0.1, 0.15) is 11.5 Å². The molecular formula is C46H49Cl3N6O10. The molecule has 8 rings (SSSR count). The molecule has 344 valence electrons. The van der Waals surface area contributed by atoms with Gasteiger partial charge in [-0.3, -0.25) is 29.8 Å². The van der Waals surface area contributed by atoms with Crippen LogP contribution in [-0.4, -0.2) is 57.4 Å². The van der Waals surface area contributed by atoms with Gasteiger partial charge in [0.05, 0.1) is 9.85 Å². The van der Waals surface area contributed by atoms with Crippen molar-refractivity contribution in [2.45, 2.75) is 76.5 Å². The Morgan fingerprint density at radius 3 is 1.35 bits per heavy atom. The number of hydrogen-bond donors (Lipinski definition) is 4. The van der Waals surface area contributed by atoms with E-state index in [0.717, 1.165) is 50.4 Å². The smallest absolute Gasteiger partial charge is 0.412 e. The lowest BCUT2D eigenvalue weighted by Gasteiger charge is -2.22. The number of fused-ring (bicyclic) bond motifs is 2. The van der Waals surface area contributed by atoms with Gasteiger partial charge in [-0.15, -0.1) is 0 Å². The largest absolute Gasteiger partial charge is 0.414 e. The average Bonchev–Trinajstić information content (AvgIpc) is 3.99. The fourth-order valence-corrected chi connectivity index (χ4v) is 9.79. The first-order valence-corrected chi connectivity index (χ1v) is 22.4. The maximum atomic E-state index is 12.6. The van der Waals surface area contributed by atoms with Crippen LogP contribution in [0.25, 0.3) is 0 Å².